The van der Waals surface area contributed by atoms with Gasteiger partial charge in [-0.05, 0) is 32.2 Å². The molecule has 2 fully saturated rings. The first-order valence-electron chi connectivity index (χ1n) is 7.16. The first-order chi connectivity index (χ1) is 7.81. The van der Waals surface area contributed by atoms with Crippen molar-refractivity contribution in [3.05, 3.63) is 0 Å². The summed E-state index contributed by atoms with van der Waals surface area (Å²) >= 11 is 0. The zero-order chi connectivity index (χ0) is 11.4. The summed E-state index contributed by atoms with van der Waals surface area (Å²) in [5, 5.41) is 3.70. The molecule has 0 radical (unpaired) electrons. The Bertz CT molecular complexity index is 201. The highest BCUT2D eigenvalue weighted by atomic mass is 16.5. The van der Waals surface area contributed by atoms with Crippen molar-refractivity contribution >= 4 is 0 Å². The average molecular weight is 225 g/mol. The molecule has 16 heavy (non-hydrogen) atoms. The lowest BCUT2D eigenvalue weighted by atomic mass is 9.86. The van der Waals surface area contributed by atoms with Crippen LogP contribution in [0.15, 0.2) is 0 Å². The van der Waals surface area contributed by atoms with Gasteiger partial charge >= 0.3 is 0 Å². The van der Waals surface area contributed by atoms with Crippen molar-refractivity contribution in [2.75, 3.05) is 13.2 Å². The second-order valence-electron chi connectivity index (χ2n) is 5.58. The first-order valence-corrected chi connectivity index (χ1v) is 7.16. The summed E-state index contributed by atoms with van der Waals surface area (Å²) in [5.74, 6) is 1.73. The zero-order valence-corrected chi connectivity index (χ0v) is 10.9. The van der Waals surface area contributed by atoms with Crippen LogP contribution in [-0.4, -0.2) is 25.3 Å². The van der Waals surface area contributed by atoms with Gasteiger partial charge in [-0.2, -0.15) is 0 Å². The van der Waals surface area contributed by atoms with Crippen molar-refractivity contribution in [1.82, 2.24) is 5.32 Å². The first kappa shape index (κ1) is 12.4. The molecule has 0 spiro atoms. The van der Waals surface area contributed by atoms with E-state index in [1.54, 1.807) is 0 Å². The van der Waals surface area contributed by atoms with E-state index in [2.05, 4.69) is 19.2 Å². The lowest BCUT2D eigenvalue weighted by Gasteiger charge is -2.28. The molecule has 1 saturated heterocycles. The molecule has 3 unspecified atom stereocenters. The van der Waals surface area contributed by atoms with Gasteiger partial charge in [0, 0.05) is 18.6 Å². The highest BCUT2D eigenvalue weighted by Gasteiger charge is 2.33. The van der Waals surface area contributed by atoms with Crippen LogP contribution in [0.2, 0.25) is 0 Å². The van der Waals surface area contributed by atoms with Gasteiger partial charge in [0.2, 0.25) is 0 Å². The largest absolute Gasteiger partial charge is 0.378 e. The van der Waals surface area contributed by atoms with Crippen LogP contribution in [0, 0.1) is 11.8 Å². The van der Waals surface area contributed by atoms with Crippen molar-refractivity contribution in [2.45, 2.75) is 64.5 Å². The minimum atomic E-state index is 0.463. The standard InChI is InChI=1S/C14H27NO/c1-3-15-14(10-12-6-4-5-7-12)13-8-9-16-11(13)2/h11-15H,3-10H2,1-2H3. The monoisotopic (exact) mass is 225 g/mol. The SMILES string of the molecule is CCNC(CC1CCCC1)C1CCOC1C. The molecule has 1 N–H and O–H groups in total. The molecule has 1 saturated carbocycles. The maximum Gasteiger partial charge on any atom is 0.0590 e. The molecule has 1 aliphatic heterocycles. The van der Waals surface area contributed by atoms with Gasteiger partial charge in [-0.15, -0.1) is 0 Å². The van der Waals surface area contributed by atoms with Crippen LogP contribution in [0.4, 0.5) is 0 Å². The fourth-order valence-corrected chi connectivity index (χ4v) is 3.55. The van der Waals surface area contributed by atoms with E-state index in [1.165, 1.54) is 38.5 Å². The second-order valence-corrected chi connectivity index (χ2v) is 5.58. The second kappa shape index (κ2) is 6.02. The Labute approximate surface area is 100 Å². The van der Waals surface area contributed by atoms with E-state index in [-0.39, 0.29) is 0 Å². The van der Waals surface area contributed by atoms with Crippen LogP contribution >= 0.6 is 0 Å². The number of hydrogen-bond acceptors (Lipinski definition) is 2. The maximum atomic E-state index is 5.72. The summed E-state index contributed by atoms with van der Waals surface area (Å²) in [6, 6.07) is 0.700. The number of hydrogen-bond donors (Lipinski definition) is 1. The minimum Gasteiger partial charge on any atom is -0.378 e. The Morgan fingerprint density at radius 1 is 1.25 bits per heavy atom. The van der Waals surface area contributed by atoms with Gasteiger partial charge in [-0.1, -0.05) is 32.6 Å². The van der Waals surface area contributed by atoms with E-state index in [9.17, 15) is 0 Å². The van der Waals surface area contributed by atoms with E-state index >= 15 is 0 Å². The fourth-order valence-electron chi connectivity index (χ4n) is 3.55. The van der Waals surface area contributed by atoms with E-state index in [4.69, 9.17) is 4.74 Å². The fraction of sp³-hybridized carbons (Fsp3) is 1.00. The third-order valence-electron chi connectivity index (χ3n) is 4.48. The number of ether oxygens (including phenoxy) is 1. The molecule has 1 heterocycles. The lowest BCUT2D eigenvalue weighted by Crippen LogP contribution is -2.40. The molecular weight excluding hydrogens is 198 g/mol. The van der Waals surface area contributed by atoms with Gasteiger partial charge in [-0.25, -0.2) is 0 Å². The molecule has 2 nitrogen and oxygen atoms in total. The minimum absolute atomic E-state index is 0.463. The summed E-state index contributed by atoms with van der Waals surface area (Å²) in [7, 11) is 0. The molecule has 1 aliphatic carbocycles. The molecular formula is C14H27NO. The smallest absolute Gasteiger partial charge is 0.0590 e. The molecule has 0 aromatic rings. The molecule has 94 valence electrons. The quantitative estimate of drug-likeness (QED) is 0.776. The van der Waals surface area contributed by atoms with Crippen LogP contribution in [0.5, 0.6) is 0 Å². The van der Waals surface area contributed by atoms with E-state index in [0.29, 0.717) is 12.1 Å². The summed E-state index contributed by atoms with van der Waals surface area (Å²) in [5.41, 5.74) is 0. The molecule has 3 atom stereocenters. The topological polar surface area (TPSA) is 21.3 Å². The van der Waals surface area contributed by atoms with Crippen LogP contribution in [-0.2, 0) is 4.74 Å². The van der Waals surface area contributed by atoms with Crippen molar-refractivity contribution in [3.63, 3.8) is 0 Å². The predicted octanol–water partition coefficient (Wildman–Crippen LogP) is 2.97. The van der Waals surface area contributed by atoms with Crippen molar-refractivity contribution in [1.29, 1.82) is 0 Å². The van der Waals surface area contributed by atoms with Crippen molar-refractivity contribution in [3.8, 4) is 0 Å². The van der Waals surface area contributed by atoms with Gasteiger partial charge in [0.25, 0.3) is 0 Å². The Morgan fingerprint density at radius 3 is 2.56 bits per heavy atom. The van der Waals surface area contributed by atoms with Gasteiger partial charge in [0.15, 0.2) is 0 Å². The Hall–Kier alpha value is -0.0800. The highest BCUT2D eigenvalue weighted by Crippen LogP contribution is 2.33. The van der Waals surface area contributed by atoms with E-state index in [1.807, 2.05) is 0 Å². The maximum absolute atomic E-state index is 5.72. The van der Waals surface area contributed by atoms with Crippen LogP contribution in [0.1, 0.15) is 52.4 Å². The average Bonchev–Trinajstić information content (AvgIpc) is 2.88. The van der Waals surface area contributed by atoms with Gasteiger partial charge in [-0.3, -0.25) is 0 Å². The third kappa shape index (κ3) is 2.98. The van der Waals surface area contributed by atoms with Crippen molar-refractivity contribution < 1.29 is 4.74 Å². The van der Waals surface area contributed by atoms with Gasteiger partial charge in [0.05, 0.1) is 6.10 Å². The molecule has 2 rings (SSSR count). The Morgan fingerprint density at radius 2 is 2.00 bits per heavy atom. The van der Waals surface area contributed by atoms with Crippen LogP contribution in [0.3, 0.4) is 0 Å². The van der Waals surface area contributed by atoms with Crippen LogP contribution in [0.25, 0.3) is 0 Å². The molecule has 0 aromatic heterocycles. The normalized spacial score (nSPS) is 33.4. The summed E-state index contributed by atoms with van der Waals surface area (Å²) in [6.45, 7) is 6.54. The zero-order valence-electron chi connectivity index (χ0n) is 10.9. The summed E-state index contributed by atoms with van der Waals surface area (Å²) in [6.07, 6.45) is 8.94. The Balaban J connectivity index is 1.87. The van der Waals surface area contributed by atoms with Gasteiger partial charge < -0.3 is 10.1 Å². The molecule has 2 aliphatic rings. The van der Waals surface area contributed by atoms with Crippen molar-refractivity contribution in [2.24, 2.45) is 11.8 Å². The van der Waals surface area contributed by atoms with E-state index in [0.717, 1.165) is 25.0 Å². The number of nitrogens with one attached hydrogen (secondary N) is 1. The van der Waals surface area contributed by atoms with E-state index < -0.39 is 0 Å². The highest BCUT2D eigenvalue weighted by molar-refractivity contribution is 4.86. The molecule has 2 heteroatoms. The number of rotatable bonds is 5. The Kier molecular flexibility index (Phi) is 4.66. The molecule has 0 amide bonds. The van der Waals surface area contributed by atoms with Crippen LogP contribution < -0.4 is 5.32 Å². The lowest BCUT2D eigenvalue weighted by molar-refractivity contribution is 0.0922. The summed E-state index contributed by atoms with van der Waals surface area (Å²) < 4.78 is 5.72. The predicted molar refractivity (Wildman–Crippen MR) is 67.6 cm³/mol. The van der Waals surface area contributed by atoms with Gasteiger partial charge in [0.1, 0.15) is 0 Å². The molecule has 0 bridgehead atoms. The third-order valence-corrected chi connectivity index (χ3v) is 4.48. The summed E-state index contributed by atoms with van der Waals surface area (Å²) in [4.78, 5) is 0. The molecule has 0 aromatic carbocycles.